The highest BCUT2D eigenvalue weighted by Gasteiger charge is 2.25. The number of aryl methyl sites for hydroxylation is 1. The molecular weight excluding hydrogens is 261 g/mol. The summed E-state index contributed by atoms with van der Waals surface area (Å²) in [6, 6.07) is 3.81. The number of nitrogens with one attached hydrogen (secondary N) is 1. The predicted molar refractivity (Wildman–Crippen MR) is 75.0 cm³/mol. The van der Waals surface area contributed by atoms with Crippen LogP contribution in [0.15, 0.2) is 18.2 Å². The number of carbonyl (C=O) groups is 1. The molecule has 1 rings (SSSR count). The molecule has 0 saturated carbocycles. The number of carboxylic acids is 1. The lowest BCUT2D eigenvalue weighted by Crippen LogP contribution is -2.41. The first-order valence-electron chi connectivity index (χ1n) is 6.77. The summed E-state index contributed by atoms with van der Waals surface area (Å²) in [4.78, 5) is 10.9. The predicted octanol–water partition coefficient (Wildman–Crippen LogP) is 2.40. The number of aliphatic hydroxyl groups is 1. The van der Waals surface area contributed by atoms with Crippen LogP contribution in [0.1, 0.15) is 43.9 Å². The zero-order valence-corrected chi connectivity index (χ0v) is 12.1. The molecular formula is C15H22FNO3. The quantitative estimate of drug-likeness (QED) is 0.718. The van der Waals surface area contributed by atoms with Crippen LogP contribution in [0.3, 0.4) is 0 Å². The largest absolute Gasteiger partial charge is 0.481 e. The smallest absolute Gasteiger partial charge is 0.305 e. The summed E-state index contributed by atoms with van der Waals surface area (Å²) in [6.45, 7) is 5.52. The molecule has 3 atom stereocenters. The highest BCUT2D eigenvalue weighted by molar-refractivity contribution is 5.67. The van der Waals surface area contributed by atoms with Crippen molar-refractivity contribution in [3.05, 3.63) is 35.1 Å². The van der Waals surface area contributed by atoms with Gasteiger partial charge >= 0.3 is 5.97 Å². The molecule has 112 valence electrons. The summed E-state index contributed by atoms with van der Waals surface area (Å²) >= 11 is 0. The Bertz CT molecular complexity index is 464. The number of hydrogen-bond donors (Lipinski definition) is 3. The third-order valence-corrected chi connectivity index (χ3v) is 3.41. The Morgan fingerprint density at radius 3 is 2.60 bits per heavy atom. The minimum Gasteiger partial charge on any atom is -0.481 e. The maximum absolute atomic E-state index is 13.2. The summed E-state index contributed by atoms with van der Waals surface area (Å²) in [5.41, 5.74) is 0.949. The minimum absolute atomic E-state index is 0.0931. The van der Waals surface area contributed by atoms with Gasteiger partial charge < -0.3 is 15.5 Å². The van der Waals surface area contributed by atoms with Crippen LogP contribution in [0.2, 0.25) is 0 Å². The molecule has 0 amide bonds. The summed E-state index contributed by atoms with van der Waals surface area (Å²) in [6.07, 6.45) is -0.355. The zero-order valence-electron chi connectivity index (χ0n) is 12.1. The molecule has 0 aliphatic carbocycles. The SMILES string of the molecule is CCC(C)NC(CC(=O)O)C(O)c1ccc(F)c(C)c1. The van der Waals surface area contributed by atoms with Crippen molar-refractivity contribution in [2.75, 3.05) is 0 Å². The van der Waals surface area contributed by atoms with Gasteiger partial charge in [0.1, 0.15) is 5.82 Å². The van der Waals surface area contributed by atoms with Gasteiger partial charge in [0.05, 0.1) is 12.5 Å². The second-order valence-corrected chi connectivity index (χ2v) is 5.13. The van der Waals surface area contributed by atoms with Gasteiger partial charge in [-0.2, -0.15) is 0 Å². The molecule has 3 N–H and O–H groups in total. The third kappa shape index (κ3) is 4.58. The van der Waals surface area contributed by atoms with Crippen LogP contribution in [0, 0.1) is 12.7 Å². The van der Waals surface area contributed by atoms with Crippen molar-refractivity contribution < 1.29 is 19.4 Å². The van der Waals surface area contributed by atoms with Gasteiger partial charge in [0.15, 0.2) is 0 Å². The Kier molecular flexibility index (Phi) is 6.10. The molecule has 1 aromatic rings. The third-order valence-electron chi connectivity index (χ3n) is 3.41. The fourth-order valence-corrected chi connectivity index (χ4v) is 2.02. The zero-order chi connectivity index (χ0) is 15.3. The number of aliphatic carboxylic acids is 1. The summed E-state index contributed by atoms with van der Waals surface area (Å²) < 4.78 is 13.2. The van der Waals surface area contributed by atoms with Crippen molar-refractivity contribution in [1.82, 2.24) is 5.32 Å². The van der Waals surface area contributed by atoms with Gasteiger partial charge in [-0.25, -0.2) is 4.39 Å². The highest BCUT2D eigenvalue weighted by Crippen LogP contribution is 2.22. The average molecular weight is 283 g/mol. The highest BCUT2D eigenvalue weighted by atomic mass is 19.1. The van der Waals surface area contributed by atoms with Crippen molar-refractivity contribution in [3.8, 4) is 0 Å². The maximum Gasteiger partial charge on any atom is 0.305 e. The molecule has 4 nitrogen and oxygen atoms in total. The first-order valence-corrected chi connectivity index (χ1v) is 6.77. The van der Waals surface area contributed by atoms with E-state index in [-0.39, 0.29) is 18.3 Å². The van der Waals surface area contributed by atoms with Gasteiger partial charge in [-0.3, -0.25) is 4.79 Å². The lowest BCUT2D eigenvalue weighted by atomic mass is 9.97. The fourth-order valence-electron chi connectivity index (χ4n) is 2.02. The first kappa shape index (κ1) is 16.6. The van der Waals surface area contributed by atoms with Crippen molar-refractivity contribution in [2.45, 2.75) is 51.8 Å². The van der Waals surface area contributed by atoms with Crippen LogP contribution in [0.25, 0.3) is 0 Å². The van der Waals surface area contributed by atoms with Crippen molar-refractivity contribution >= 4 is 5.97 Å². The second-order valence-electron chi connectivity index (χ2n) is 5.13. The van der Waals surface area contributed by atoms with Crippen molar-refractivity contribution in [1.29, 1.82) is 0 Å². The molecule has 3 unspecified atom stereocenters. The van der Waals surface area contributed by atoms with E-state index in [0.29, 0.717) is 11.1 Å². The van der Waals surface area contributed by atoms with Crippen LogP contribution in [-0.4, -0.2) is 28.3 Å². The molecule has 20 heavy (non-hydrogen) atoms. The molecule has 0 heterocycles. The molecule has 0 aliphatic heterocycles. The molecule has 5 heteroatoms. The summed E-state index contributed by atoms with van der Waals surface area (Å²) in [5, 5.41) is 22.4. The molecule has 0 radical (unpaired) electrons. The lowest BCUT2D eigenvalue weighted by molar-refractivity contribution is -0.138. The number of benzene rings is 1. The van der Waals surface area contributed by atoms with Crippen LogP contribution in [0.5, 0.6) is 0 Å². The van der Waals surface area contributed by atoms with Crippen LogP contribution in [0.4, 0.5) is 4.39 Å². The molecule has 0 saturated heterocycles. The normalized spacial score (nSPS) is 15.7. The summed E-state index contributed by atoms with van der Waals surface area (Å²) in [5.74, 6) is -1.32. The molecule has 0 aromatic heterocycles. The summed E-state index contributed by atoms with van der Waals surface area (Å²) in [7, 11) is 0. The van der Waals surface area contributed by atoms with E-state index in [2.05, 4.69) is 5.32 Å². The van der Waals surface area contributed by atoms with Crippen LogP contribution >= 0.6 is 0 Å². The van der Waals surface area contributed by atoms with Gasteiger partial charge in [0, 0.05) is 12.1 Å². The van der Waals surface area contributed by atoms with E-state index >= 15 is 0 Å². The Morgan fingerprint density at radius 2 is 2.10 bits per heavy atom. The van der Waals surface area contributed by atoms with E-state index in [9.17, 15) is 14.3 Å². The Labute approximate surface area is 118 Å². The van der Waals surface area contributed by atoms with Gasteiger partial charge in [-0.1, -0.05) is 19.1 Å². The number of halogens is 1. The molecule has 0 spiro atoms. The second kappa shape index (κ2) is 7.36. The Hall–Kier alpha value is -1.46. The lowest BCUT2D eigenvalue weighted by Gasteiger charge is -2.26. The standard InChI is InChI=1S/C15H22FNO3/c1-4-10(3)17-13(8-14(18)19)15(20)11-5-6-12(16)9(2)7-11/h5-7,10,13,15,17,20H,4,8H2,1-3H3,(H,18,19). The molecule has 0 aliphatic rings. The van der Waals surface area contributed by atoms with Crippen molar-refractivity contribution in [2.24, 2.45) is 0 Å². The van der Waals surface area contributed by atoms with Crippen molar-refractivity contribution in [3.63, 3.8) is 0 Å². The van der Waals surface area contributed by atoms with Crippen LogP contribution in [-0.2, 0) is 4.79 Å². The van der Waals surface area contributed by atoms with Crippen LogP contribution < -0.4 is 5.32 Å². The molecule has 0 fully saturated rings. The number of hydrogen-bond acceptors (Lipinski definition) is 3. The molecule has 0 bridgehead atoms. The number of aliphatic hydroxyl groups excluding tert-OH is 1. The first-order chi connectivity index (χ1) is 9.35. The topological polar surface area (TPSA) is 69.6 Å². The van der Waals surface area contributed by atoms with E-state index in [1.54, 1.807) is 13.0 Å². The van der Waals surface area contributed by atoms with E-state index in [4.69, 9.17) is 5.11 Å². The van der Waals surface area contributed by atoms with E-state index in [0.717, 1.165) is 6.42 Å². The van der Waals surface area contributed by atoms with Gasteiger partial charge in [-0.05, 0) is 37.5 Å². The Morgan fingerprint density at radius 1 is 1.45 bits per heavy atom. The molecule has 1 aromatic carbocycles. The van der Waals surface area contributed by atoms with Gasteiger partial charge in [-0.15, -0.1) is 0 Å². The van der Waals surface area contributed by atoms with Gasteiger partial charge in [0.2, 0.25) is 0 Å². The Balaban J connectivity index is 2.92. The van der Waals surface area contributed by atoms with Gasteiger partial charge in [0.25, 0.3) is 0 Å². The number of rotatable bonds is 7. The monoisotopic (exact) mass is 283 g/mol. The van der Waals surface area contributed by atoms with E-state index in [1.807, 2.05) is 13.8 Å². The minimum atomic E-state index is -0.987. The van der Waals surface area contributed by atoms with E-state index < -0.39 is 18.1 Å². The fraction of sp³-hybridized carbons (Fsp3) is 0.533. The number of carboxylic acid groups (broad SMARTS) is 1. The van der Waals surface area contributed by atoms with E-state index in [1.165, 1.54) is 12.1 Å². The average Bonchev–Trinajstić information content (AvgIpc) is 2.39. The maximum atomic E-state index is 13.2.